The number of halogens is 2. The number of hydrogen-bond acceptors (Lipinski definition) is 1. The molecule has 1 rings (SSSR count). The minimum absolute atomic E-state index is 0.135. The maximum atomic E-state index is 6.13. The maximum absolute atomic E-state index is 6.13. The van der Waals surface area contributed by atoms with E-state index in [1.165, 1.54) is 5.56 Å². The summed E-state index contributed by atoms with van der Waals surface area (Å²) in [5.41, 5.74) is 1.35. The summed E-state index contributed by atoms with van der Waals surface area (Å²) in [6, 6.07) is 0. The summed E-state index contributed by atoms with van der Waals surface area (Å²) in [7, 11) is 0. The van der Waals surface area contributed by atoms with Crippen molar-refractivity contribution in [3.05, 3.63) is 26.5 Å². The van der Waals surface area contributed by atoms with Crippen LogP contribution >= 0.6 is 34.2 Å². The van der Waals surface area contributed by atoms with Crippen molar-refractivity contribution < 1.29 is 0 Å². The zero-order chi connectivity index (χ0) is 10.1. The third-order valence-corrected chi connectivity index (χ3v) is 3.52. The van der Waals surface area contributed by atoms with Gasteiger partial charge in [-0.25, -0.2) is 0 Å². The van der Waals surface area contributed by atoms with E-state index in [2.05, 4.69) is 48.3 Å². The Morgan fingerprint density at radius 2 is 2.08 bits per heavy atom. The van der Waals surface area contributed by atoms with Crippen molar-refractivity contribution in [2.45, 2.75) is 32.6 Å². The molecule has 0 aliphatic rings. The smallest absolute Gasteiger partial charge is 0.0637 e. The summed E-state index contributed by atoms with van der Waals surface area (Å²) < 4.78 is 1.15. The van der Waals surface area contributed by atoms with Crippen LogP contribution in [0, 0.1) is 3.57 Å². The lowest BCUT2D eigenvalue weighted by atomic mass is 9.83. The Labute approximate surface area is 98.0 Å². The average molecular weight is 310 g/mol. The minimum atomic E-state index is 0.135. The molecule has 0 atom stereocenters. The predicted octanol–water partition coefficient (Wildman–Crippen LogP) is 4.03. The van der Waals surface area contributed by atoms with Gasteiger partial charge in [0, 0.05) is 16.0 Å². The summed E-state index contributed by atoms with van der Waals surface area (Å²) in [6.45, 7) is 6.58. The monoisotopic (exact) mass is 309 g/mol. The lowest BCUT2D eigenvalue weighted by molar-refractivity contribution is 0.503. The Morgan fingerprint density at radius 1 is 1.46 bits per heavy atom. The highest BCUT2D eigenvalue weighted by Crippen LogP contribution is 2.34. The van der Waals surface area contributed by atoms with Crippen LogP contribution in [0.4, 0.5) is 0 Å². The molecule has 0 aliphatic carbocycles. The molecule has 0 amide bonds. The van der Waals surface area contributed by atoms with Crippen molar-refractivity contribution in [3.63, 3.8) is 0 Å². The molecule has 13 heavy (non-hydrogen) atoms. The van der Waals surface area contributed by atoms with E-state index in [1.54, 1.807) is 6.20 Å². The molecule has 0 N–H and O–H groups in total. The van der Waals surface area contributed by atoms with Crippen LogP contribution in [0.5, 0.6) is 0 Å². The van der Waals surface area contributed by atoms with Gasteiger partial charge in [-0.15, -0.1) is 0 Å². The molecule has 72 valence electrons. The second-order valence-corrected chi connectivity index (χ2v) is 5.28. The van der Waals surface area contributed by atoms with Crippen molar-refractivity contribution in [3.8, 4) is 0 Å². The molecule has 0 saturated heterocycles. The van der Waals surface area contributed by atoms with Crippen LogP contribution in [0.2, 0.25) is 5.02 Å². The van der Waals surface area contributed by atoms with Crippen LogP contribution in [0.25, 0.3) is 0 Å². The fourth-order valence-corrected chi connectivity index (χ4v) is 2.99. The van der Waals surface area contributed by atoms with E-state index < -0.39 is 0 Å². The summed E-state index contributed by atoms with van der Waals surface area (Å²) in [5, 5.41) is 0.777. The molecule has 0 unspecified atom stereocenters. The highest BCUT2D eigenvalue weighted by Gasteiger charge is 2.23. The van der Waals surface area contributed by atoms with Crippen LogP contribution in [-0.2, 0) is 5.41 Å². The molecule has 1 aromatic rings. The molecule has 0 radical (unpaired) electrons. The first-order chi connectivity index (χ1) is 5.99. The van der Waals surface area contributed by atoms with E-state index in [9.17, 15) is 0 Å². The predicted molar refractivity (Wildman–Crippen MR) is 65.3 cm³/mol. The molecule has 0 bridgehead atoms. The van der Waals surface area contributed by atoms with Gasteiger partial charge in [-0.05, 0) is 40.0 Å². The van der Waals surface area contributed by atoms with Gasteiger partial charge in [0.1, 0.15) is 0 Å². The molecule has 0 spiro atoms. The lowest BCUT2D eigenvalue weighted by Crippen LogP contribution is -2.18. The lowest BCUT2D eigenvalue weighted by Gasteiger charge is -2.25. The number of rotatable bonds is 2. The van der Waals surface area contributed by atoms with Crippen molar-refractivity contribution in [2.24, 2.45) is 0 Å². The van der Waals surface area contributed by atoms with Crippen LogP contribution in [0.1, 0.15) is 32.8 Å². The van der Waals surface area contributed by atoms with E-state index in [1.807, 2.05) is 6.20 Å². The third kappa shape index (κ3) is 2.34. The Morgan fingerprint density at radius 3 is 2.54 bits per heavy atom. The van der Waals surface area contributed by atoms with Gasteiger partial charge in [0.15, 0.2) is 0 Å². The van der Waals surface area contributed by atoms with E-state index in [0.29, 0.717) is 0 Å². The molecule has 1 nitrogen and oxygen atoms in total. The average Bonchev–Trinajstić information content (AvgIpc) is 2.03. The van der Waals surface area contributed by atoms with Crippen LogP contribution < -0.4 is 0 Å². The molecule has 0 aliphatic heterocycles. The third-order valence-electron chi connectivity index (χ3n) is 2.41. The topological polar surface area (TPSA) is 12.9 Å². The first kappa shape index (κ1) is 11.2. The van der Waals surface area contributed by atoms with Crippen molar-refractivity contribution in [1.82, 2.24) is 4.98 Å². The molecule has 0 saturated carbocycles. The molecule has 0 fully saturated rings. The fraction of sp³-hybridized carbons (Fsp3) is 0.500. The Balaban J connectivity index is 3.28. The van der Waals surface area contributed by atoms with Crippen molar-refractivity contribution in [1.29, 1.82) is 0 Å². The zero-order valence-electron chi connectivity index (χ0n) is 8.06. The first-order valence-corrected chi connectivity index (χ1v) is 5.74. The van der Waals surface area contributed by atoms with Gasteiger partial charge in [0.05, 0.1) is 5.02 Å². The molecular weight excluding hydrogens is 296 g/mol. The normalized spacial score (nSPS) is 11.8. The summed E-state index contributed by atoms with van der Waals surface area (Å²) >= 11 is 8.41. The SMILES string of the molecule is CCC(C)(C)c1c(Cl)cncc1I. The van der Waals surface area contributed by atoms with Gasteiger partial charge in [0.25, 0.3) is 0 Å². The summed E-state index contributed by atoms with van der Waals surface area (Å²) in [5.74, 6) is 0. The highest BCUT2D eigenvalue weighted by atomic mass is 127. The minimum Gasteiger partial charge on any atom is -0.262 e. The highest BCUT2D eigenvalue weighted by molar-refractivity contribution is 14.1. The Hall–Kier alpha value is 0.170. The van der Waals surface area contributed by atoms with E-state index >= 15 is 0 Å². The Kier molecular flexibility index (Phi) is 3.57. The largest absolute Gasteiger partial charge is 0.262 e. The number of hydrogen-bond donors (Lipinski definition) is 0. The van der Waals surface area contributed by atoms with Gasteiger partial charge >= 0.3 is 0 Å². The number of aromatic nitrogens is 1. The Bertz CT molecular complexity index is 290. The maximum Gasteiger partial charge on any atom is 0.0637 e. The zero-order valence-corrected chi connectivity index (χ0v) is 11.0. The van der Waals surface area contributed by atoms with Crippen molar-refractivity contribution >= 4 is 34.2 Å². The second-order valence-electron chi connectivity index (χ2n) is 3.72. The van der Waals surface area contributed by atoms with Crippen LogP contribution in [-0.4, -0.2) is 4.98 Å². The number of pyridine rings is 1. The van der Waals surface area contributed by atoms with Gasteiger partial charge in [0.2, 0.25) is 0 Å². The quantitative estimate of drug-likeness (QED) is 0.752. The van der Waals surface area contributed by atoms with Gasteiger partial charge < -0.3 is 0 Å². The molecular formula is C10H13ClIN. The standard InChI is InChI=1S/C10H13ClIN/c1-4-10(2,3)9-7(11)5-13-6-8(9)12/h5-6H,4H2,1-3H3. The van der Waals surface area contributed by atoms with Crippen molar-refractivity contribution in [2.75, 3.05) is 0 Å². The van der Waals surface area contributed by atoms with Gasteiger partial charge in [-0.2, -0.15) is 0 Å². The first-order valence-electron chi connectivity index (χ1n) is 4.28. The van der Waals surface area contributed by atoms with Gasteiger partial charge in [-0.3, -0.25) is 4.98 Å². The molecule has 1 heterocycles. The molecule has 1 aromatic heterocycles. The molecule has 3 heteroatoms. The summed E-state index contributed by atoms with van der Waals surface area (Å²) in [6.07, 6.45) is 4.66. The fourth-order valence-electron chi connectivity index (χ4n) is 1.23. The summed E-state index contributed by atoms with van der Waals surface area (Å²) in [4.78, 5) is 4.05. The second kappa shape index (κ2) is 4.13. The number of nitrogens with zero attached hydrogens (tertiary/aromatic N) is 1. The van der Waals surface area contributed by atoms with E-state index in [4.69, 9.17) is 11.6 Å². The van der Waals surface area contributed by atoms with E-state index in [-0.39, 0.29) is 5.41 Å². The van der Waals surface area contributed by atoms with Crippen LogP contribution in [0.3, 0.4) is 0 Å². The van der Waals surface area contributed by atoms with Gasteiger partial charge in [-0.1, -0.05) is 32.4 Å². The molecule has 0 aromatic carbocycles. The van der Waals surface area contributed by atoms with Crippen LogP contribution in [0.15, 0.2) is 12.4 Å². The van der Waals surface area contributed by atoms with E-state index in [0.717, 1.165) is 15.0 Å².